The molecule has 0 amide bonds. The maximum Gasteiger partial charge on any atom is 0.0992 e. The second-order valence-corrected chi connectivity index (χ2v) is 5.46. The van der Waals surface area contributed by atoms with Crippen LogP contribution in [0.25, 0.3) is 0 Å². The van der Waals surface area contributed by atoms with E-state index in [1.807, 2.05) is 25.1 Å². The van der Waals surface area contributed by atoms with Gasteiger partial charge >= 0.3 is 0 Å². The molecular formula is C13H15BrN2O. The van der Waals surface area contributed by atoms with E-state index in [0.717, 1.165) is 29.7 Å². The number of aliphatic hydroxyl groups excluding tert-OH is 1. The first-order chi connectivity index (χ1) is 8.10. The molecule has 2 rings (SSSR count). The largest absolute Gasteiger partial charge is 0.393 e. The second-order valence-electron chi connectivity index (χ2n) is 4.55. The number of hydrogen-bond donors (Lipinski definition) is 1. The fraction of sp³-hybridized carbons (Fsp3) is 0.462. The molecule has 1 aromatic carbocycles. The summed E-state index contributed by atoms with van der Waals surface area (Å²) in [4.78, 5) is 2.23. The first-order valence-electron chi connectivity index (χ1n) is 5.74. The van der Waals surface area contributed by atoms with E-state index in [4.69, 9.17) is 5.26 Å². The third-order valence-corrected chi connectivity index (χ3v) is 3.74. The lowest BCUT2D eigenvalue weighted by molar-refractivity contribution is 0.136. The van der Waals surface area contributed by atoms with Crippen LogP contribution in [0, 0.1) is 17.2 Å². The highest BCUT2D eigenvalue weighted by atomic mass is 79.9. The molecule has 0 bridgehead atoms. The molecule has 0 spiro atoms. The molecule has 2 atom stereocenters. The Hall–Kier alpha value is -1.05. The van der Waals surface area contributed by atoms with Gasteiger partial charge in [0.2, 0.25) is 0 Å². The van der Waals surface area contributed by atoms with Gasteiger partial charge in [-0.2, -0.15) is 5.26 Å². The van der Waals surface area contributed by atoms with Gasteiger partial charge in [0.15, 0.2) is 0 Å². The van der Waals surface area contributed by atoms with E-state index in [1.165, 1.54) is 0 Å². The Balaban J connectivity index is 2.19. The van der Waals surface area contributed by atoms with Crippen LogP contribution in [-0.4, -0.2) is 24.3 Å². The minimum atomic E-state index is -0.261. The molecule has 0 aromatic heterocycles. The minimum absolute atomic E-state index is 0.261. The number of anilines is 1. The number of rotatable bonds is 2. The summed E-state index contributed by atoms with van der Waals surface area (Å²) in [6.07, 6.45) is 0.745. The Labute approximate surface area is 110 Å². The van der Waals surface area contributed by atoms with Crippen LogP contribution in [0.5, 0.6) is 0 Å². The van der Waals surface area contributed by atoms with Gasteiger partial charge in [-0.1, -0.05) is 15.9 Å². The van der Waals surface area contributed by atoms with E-state index in [2.05, 4.69) is 26.9 Å². The second kappa shape index (κ2) is 5.07. The molecule has 2 unspecified atom stereocenters. The fourth-order valence-corrected chi connectivity index (χ4v) is 2.72. The van der Waals surface area contributed by atoms with Crippen LogP contribution in [-0.2, 0) is 0 Å². The van der Waals surface area contributed by atoms with Gasteiger partial charge in [-0.15, -0.1) is 0 Å². The first-order valence-corrected chi connectivity index (χ1v) is 6.53. The third kappa shape index (κ3) is 2.80. The van der Waals surface area contributed by atoms with Crippen molar-refractivity contribution in [2.24, 2.45) is 5.92 Å². The van der Waals surface area contributed by atoms with Crippen LogP contribution in [0.2, 0.25) is 0 Å². The molecule has 0 saturated carbocycles. The van der Waals surface area contributed by atoms with E-state index >= 15 is 0 Å². The smallest absolute Gasteiger partial charge is 0.0992 e. The number of halogens is 1. The summed E-state index contributed by atoms with van der Waals surface area (Å²) in [6.45, 7) is 3.64. The Kier molecular flexibility index (Phi) is 3.70. The molecule has 0 radical (unpaired) electrons. The normalized spacial score (nSPS) is 21.3. The molecule has 1 aromatic rings. The van der Waals surface area contributed by atoms with E-state index < -0.39 is 0 Å². The van der Waals surface area contributed by atoms with Gasteiger partial charge in [0.1, 0.15) is 0 Å². The monoisotopic (exact) mass is 294 g/mol. The molecule has 1 aliphatic rings. The summed E-state index contributed by atoms with van der Waals surface area (Å²) in [5, 5.41) is 18.5. The lowest BCUT2D eigenvalue weighted by Crippen LogP contribution is -2.23. The molecule has 1 aliphatic heterocycles. The summed E-state index contributed by atoms with van der Waals surface area (Å²) in [6, 6.07) is 7.89. The van der Waals surface area contributed by atoms with Crippen molar-refractivity contribution in [1.29, 1.82) is 5.26 Å². The summed E-state index contributed by atoms with van der Waals surface area (Å²) >= 11 is 3.42. The first kappa shape index (κ1) is 12.4. The maximum absolute atomic E-state index is 9.58. The fourth-order valence-electron chi connectivity index (χ4n) is 2.24. The van der Waals surface area contributed by atoms with Crippen molar-refractivity contribution < 1.29 is 5.11 Å². The van der Waals surface area contributed by atoms with Gasteiger partial charge in [-0.3, -0.25) is 0 Å². The molecule has 17 heavy (non-hydrogen) atoms. The number of nitrogens with zero attached hydrogens (tertiary/aromatic N) is 2. The van der Waals surface area contributed by atoms with Gasteiger partial charge in [-0.25, -0.2) is 0 Å². The number of aliphatic hydroxyl groups is 1. The number of benzene rings is 1. The van der Waals surface area contributed by atoms with Crippen molar-refractivity contribution in [2.45, 2.75) is 19.4 Å². The average molecular weight is 295 g/mol. The standard InChI is InChI=1S/C13H15BrN2O/c1-9(17)11-2-3-16(8-11)13-5-10(7-15)4-12(14)6-13/h4-6,9,11,17H,2-3,8H2,1H3. The van der Waals surface area contributed by atoms with E-state index in [9.17, 15) is 5.11 Å². The van der Waals surface area contributed by atoms with E-state index in [1.54, 1.807) is 0 Å². The van der Waals surface area contributed by atoms with Crippen molar-refractivity contribution in [3.63, 3.8) is 0 Å². The zero-order valence-electron chi connectivity index (χ0n) is 9.73. The Morgan fingerprint density at radius 2 is 2.29 bits per heavy atom. The van der Waals surface area contributed by atoms with Gasteiger partial charge < -0.3 is 10.0 Å². The molecule has 3 nitrogen and oxygen atoms in total. The predicted octanol–water partition coefficient (Wildman–Crippen LogP) is 2.53. The van der Waals surface area contributed by atoms with Crippen LogP contribution in [0.3, 0.4) is 0 Å². The summed E-state index contributed by atoms with van der Waals surface area (Å²) in [7, 11) is 0. The van der Waals surface area contributed by atoms with Crippen LogP contribution < -0.4 is 4.90 Å². The van der Waals surface area contributed by atoms with Crippen molar-refractivity contribution >= 4 is 21.6 Å². The highest BCUT2D eigenvalue weighted by Crippen LogP contribution is 2.28. The van der Waals surface area contributed by atoms with Crippen LogP contribution in [0.1, 0.15) is 18.9 Å². The molecule has 0 aliphatic carbocycles. The van der Waals surface area contributed by atoms with Crippen LogP contribution >= 0.6 is 15.9 Å². The van der Waals surface area contributed by atoms with Crippen LogP contribution in [0.4, 0.5) is 5.69 Å². The minimum Gasteiger partial charge on any atom is -0.393 e. The Morgan fingerprint density at radius 3 is 2.88 bits per heavy atom. The van der Waals surface area contributed by atoms with Crippen molar-refractivity contribution in [3.8, 4) is 6.07 Å². The topological polar surface area (TPSA) is 47.3 Å². The summed E-state index contributed by atoms with van der Waals surface area (Å²) in [5.41, 5.74) is 1.72. The van der Waals surface area contributed by atoms with Crippen molar-refractivity contribution in [3.05, 3.63) is 28.2 Å². The number of nitriles is 1. The van der Waals surface area contributed by atoms with Crippen LogP contribution in [0.15, 0.2) is 22.7 Å². The molecule has 90 valence electrons. The SMILES string of the molecule is CC(O)C1CCN(c2cc(Br)cc(C#N)c2)C1. The lowest BCUT2D eigenvalue weighted by Gasteiger charge is -2.20. The predicted molar refractivity (Wildman–Crippen MR) is 70.9 cm³/mol. The molecule has 1 N–H and O–H groups in total. The van der Waals surface area contributed by atoms with Crippen molar-refractivity contribution in [2.75, 3.05) is 18.0 Å². The Bertz CT molecular complexity index is 453. The highest BCUT2D eigenvalue weighted by molar-refractivity contribution is 9.10. The van der Waals surface area contributed by atoms with Gasteiger partial charge in [0, 0.05) is 29.2 Å². The average Bonchev–Trinajstić information content (AvgIpc) is 2.77. The van der Waals surface area contributed by atoms with Gasteiger partial charge in [-0.05, 0) is 31.5 Å². The molecule has 1 heterocycles. The van der Waals surface area contributed by atoms with E-state index in [-0.39, 0.29) is 6.10 Å². The zero-order valence-corrected chi connectivity index (χ0v) is 11.3. The zero-order chi connectivity index (χ0) is 12.4. The highest BCUT2D eigenvalue weighted by Gasteiger charge is 2.26. The summed E-state index contributed by atoms with van der Waals surface area (Å²) in [5.74, 6) is 0.333. The van der Waals surface area contributed by atoms with Crippen molar-refractivity contribution in [1.82, 2.24) is 0 Å². The molecule has 4 heteroatoms. The van der Waals surface area contributed by atoms with Gasteiger partial charge in [0.05, 0.1) is 17.7 Å². The third-order valence-electron chi connectivity index (χ3n) is 3.28. The Morgan fingerprint density at radius 1 is 1.53 bits per heavy atom. The molecule has 1 fully saturated rings. The molecular weight excluding hydrogens is 280 g/mol. The number of hydrogen-bond acceptors (Lipinski definition) is 3. The van der Waals surface area contributed by atoms with Gasteiger partial charge in [0.25, 0.3) is 0 Å². The van der Waals surface area contributed by atoms with E-state index in [0.29, 0.717) is 11.5 Å². The molecule has 1 saturated heterocycles. The summed E-state index contributed by atoms with van der Waals surface area (Å²) < 4.78 is 0.923. The quantitative estimate of drug-likeness (QED) is 0.912. The lowest BCUT2D eigenvalue weighted by atomic mass is 10.0. The maximum atomic E-state index is 9.58.